The van der Waals surface area contributed by atoms with Crippen LogP contribution in [0.5, 0.6) is 11.5 Å². The molecule has 0 aliphatic carbocycles. The number of nitrogens with zero attached hydrogens (tertiary/aromatic N) is 3. The number of carbonyl (C=O) groups excluding carboxylic acids is 1. The van der Waals surface area contributed by atoms with Gasteiger partial charge in [0.15, 0.2) is 6.61 Å². The highest BCUT2D eigenvalue weighted by Gasteiger charge is 2.08. The van der Waals surface area contributed by atoms with Crippen molar-refractivity contribution in [1.82, 2.24) is 20.3 Å². The summed E-state index contributed by atoms with van der Waals surface area (Å²) >= 11 is 0. The molecule has 0 radical (unpaired) electrons. The standard InChI is InChI=1S/C15H18N4O5/c1-10-5-12(3-4-13(10)23-2)24-9-14(20)16-6-11-7-19(18-17-11)8-15(21)22/h3-5,7H,6,8-9H2,1-2H3,(H,16,20)(H,21,22). The molecule has 0 saturated heterocycles. The Balaban J connectivity index is 1.78. The molecular formula is C15H18N4O5. The molecule has 24 heavy (non-hydrogen) atoms. The van der Waals surface area contributed by atoms with Gasteiger partial charge in [0.25, 0.3) is 5.91 Å². The van der Waals surface area contributed by atoms with Crippen LogP contribution >= 0.6 is 0 Å². The maximum Gasteiger partial charge on any atom is 0.325 e. The number of carboxylic acid groups (broad SMARTS) is 1. The molecule has 1 amide bonds. The van der Waals surface area contributed by atoms with Crippen molar-refractivity contribution >= 4 is 11.9 Å². The summed E-state index contributed by atoms with van der Waals surface area (Å²) in [7, 11) is 1.59. The first kappa shape index (κ1) is 17.3. The molecule has 2 rings (SSSR count). The van der Waals surface area contributed by atoms with Crippen LogP contribution in [0.3, 0.4) is 0 Å². The number of rotatable bonds is 8. The van der Waals surface area contributed by atoms with Gasteiger partial charge in [0.1, 0.15) is 23.7 Å². The van der Waals surface area contributed by atoms with Gasteiger partial charge in [-0.15, -0.1) is 5.10 Å². The number of aryl methyl sites for hydroxylation is 1. The molecule has 0 spiro atoms. The van der Waals surface area contributed by atoms with Gasteiger partial charge >= 0.3 is 5.97 Å². The first-order valence-corrected chi connectivity index (χ1v) is 7.13. The molecule has 0 bridgehead atoms. The summed E-state index contributed by atoms with van der Waals surface area (Å²) in [5.74, 6) is -0.0259. The minimum absolute atomic E-state index is 0.142. The van der Waals surface area contributed by atoms with Crippen molar-refractivity contribution in [3.05, 3.63) is 35.7 Å². The third-order valence-electron chi connectivity index (χ3n) is 3.09. The molecule has 9 heteroatoms. The monoisotopic (exact) mass is 334 g/mol. The topological polar surface area (TPSA) is 116 Å². The fourth-order valence-corrected chi connectivity index (χ4v) is 1.97. The second-order valence-electron chi connectivity index (χ2n) is 5.00. The van der Waals surface area contributed by atoms with Gasteiger partial charge in [-0.05, 0) is 30.7 Å². The lowest BCUT2D eigenvalue weighted by Gasteiger charge is -2.09. The SMILES string of the molecule is COc1ccc(OCC(=O)NCc2cn(CC(=O)O)nn2)cc1C. The summed E-state index contributed by atoms with van der Waals surface area (Å²) in [6, 6.07) is 5.27. The number of aliphatic carboxylic acids is 1. The van der Waals surface area contributed by atoms with Crippen LogP contribution in [0.2, 0.25) is 0 Å². The average molecular weight is 334 g/mol. The van der Waals surface area contributed by atoms with Gasteiger partial charge in [-0.2, -0.15) is 0 Å². The van der Waals surface area contributed by atoms with Crippen LogP contribution in [0.15, 0.2) is 24.4 Å². The lowest BCUT2D eigenvalue weighted by molar-refractivity contribution is -0.138. The van der Waals surface area contributed by atoms with E-state index in [9.17, 15) is 9.59 Å². The van der Waals surface area contributed by atoms with Crippen LogP contribution in [0.4, 0.5) is 0 Å². The minimum Gasteiger partial charge on any atom is -0.496 e. The molecule has 9 nitrogen and oxygen atoms in total. The highest BCUT2D eigenvalue weighted by Crippen LogP contribution is 2.22. The number of amides is 1. The van der Waals surface area contributed by atoms with E-state index >= 15 is 0 Å². The van der Waals surface area contributed by atoms with Crippen molar-refractivity contribution < 1.29 is 24.2 Å². The van der Waals surface area contributed by atoms with E-state index in [0.29, 0.717) is 11.4 Å². The zero-order valence-corrected chi connectivity index (χ0v) is 13.4. The molecule has 1 heterocycles. The predicted octanol–water partition coefficient (Wildman–Crippen LogP) is 0.375. The van der Waals surface area contributed by atoms with Crippen molar-refractivity contribution in [3.63, 3.8) is 0 Å². The number of carboxylic acids is 1. The second kappa shape index (κ2) is 7.95. The Kier molecular flexibility index (Phi) is 5.72. The fraction of sp³-hybridized carbons (Fsp3) is 0.333. The highest BCUT2D eigenvalue weighted by molar-refractivity contribution is 5.77. The predicted molar refractivity (Wildman–Crippen MR) is 82.7 cm³/mol. The third-order valence-corrected chi connectivity index (χ3v) is 3.09. The van der Waals surface area contributed by atoms with Crippen molar-refractivity contribution in [3.8, 4) is 11.5 Å². The Hall–Kier alpha value is -3.10. The summed E-state index contributed by atoms with van der Waals surface area (Å²) in [5, 5.41) is 18.7. The van der Waals surface area contributed by atoms with Crippen LogP contribution in [-0.2, 0) is 22.7 Å². The largest absolute Gasteiger partial charge is 0.496 e. The van der Waals surface area contributed by atoms with E-state index in [-0.39, 0.29) is 25.6 Å². The van der Waals surface area contributed by atoms with E-state index in [1.807, 2.05) is 6.92 Å². The van der Waals surface area contributed by atoms with Gasteiger partial charge in [0, 0.05) is 0 Å². The molecular weight excluding hydrogens is 316 g/mol. The quantitative estimate of drug-likeness (QED) is 0.716. The summed E-state index contributed by atoms with van der Waals surface area (Å²) in [6.07, 6.45) is 1.46. The summed E-state index contributed by atoms with van der Waals surface area (Å²) in [6.45, 7) is 1.60. The van der Waals surface area contributed by atoms with Gasteiger partial charge in [0.05, 0.1) is 19.9 Å². The lowest BCUT2D eigenvalue weighted by atomic mass is 10.2. The first-order chi connectivity index (χ1) is 11.5. The summed E-state index contributed by atoms with van der Waals surface area (Å²) < 4.78 is 11.7. The van der Waals surface area contributed by atoms with Crippen molar-refractivity contribution in [2.45, 2.75) is 20.0 Å². The minimum atomic E-state index is -1.02. The maximum atomic E-state index is 11.8. The zero-order valence-electron chi connectivity index (χ0n) is 13.4. The van der Waals surface area contributed by atoms with E-state index in [2.05, 4.69) is 15.6 Å². The number of aromatic nitrogens is 3. The maximum absolute atomic E-state index is 11.8. The van der Waals surface area contributed by atoms with Gasteiger partial charge in [0.2, 0.25) is 0 Å². The van der Waals surface area contributed by atoms with Crippen molar-refractivity contribution in [1.29, 1.82) is 0 Å². The Morgan fingerprint density at radius 1 is 1.38 bits per heavy atom. The Bertz CT molecular complexity index is 728. The lowest BCUT2D eigenvalue weighted by Crippen LogP contribution is -2.28. The fourth-order valence-electron chi connectivity index (χ4n) is 1.97. The number of carbonyl (C=O) groups is 2. The molecule has 2 N–H and O–H groups in total. The smallest absolute Gasteiger partial charge is 0.325 e. The zero-order chi connectivity index (χ0) is 17.5. The molecule has 1 aromatic heterocycles. The number of nitrogens with one attached hydrogen (secondary N) is 1. The summed E-state index contributed by atoms with van der Waals surface area (Å²) in [4.78, 5) is 22.3. The van der Waals surface area contributed by atoms with Crippen LogP contribution < -0.4 is 14.8 Å². The average Bonchev–Trinajstić information content (AvgIpc) is 2.97. The van der Waals surface area contributed by atoms with E-state index < -0.39 is 5.97 Å². The Morgan fingerprint density at radius 3 is 2.83 bits per heavy atom. The van der Waals surface area contributed by atoms with Crippen LogP contribution in [-0.4, -0.2) is 45.7 Å². The van der Waals surface area contributed by atoms with Crippen LogP contribution in [0, 0.1) is 6.92 Å². The normalized spacial score (nSPS) is 10.2. The van der Waals surface area contributed by atoms with E-state index in [1.54, 1.807) is 25.3 Å². The van der Waals surface area contributed by atoms with Crippen molar-refractivity contribution in [2.24, 2.45) is 0 Å². The van der Waals surface area contributed by atoms with Crippen LogP contribution in [0.1, 0.15) is 11.3 Å². The molecule has 1 aromatic carbocycles. The highest BCUT2D eigenvalue weighted by atomic mass is 16.5. The van der Waals surface area contributed by atoms with Crippen molar-refractivity contribution in [2.75, 3.05) is 13.7 Å². The second-order valence-corrected chi connectivity index (χ2v) is 5.00. The first-order valence-electron chi connectivity index (χ1n) is 7.13. The third kappa shape index (κ3) is 4.97. The molecule has 0 aliphatic heterocycles. The molecule has 2 aromatic rings. The van der Waals surface area contributed by atoms with Gasteiger partial charge in [-0.1, -0.05) is 5.21 Å². The number of methoxy groups -OCH3 is 1. The number of benzene rings is 1. The molecule has 0 aliphatic rings. The molecule has 0 atom stereocenters. The van der Waals surface area contributed by atoms with Crippen LogP contribution in [0.25, 0.3) is 0 Å². The molecule has 128 valence electrons. The molecule has 0 fully saturated rings. The number of hydrogen-bond donors (Lipinski definition) is 2. The number of ether oxygens (including phenoxy) is 2. The van der Waals surface area contributed by atoms with E-state index in [0.717, 1.165) is 11.3 Å². The van der Waals surface area contributed by atoms with E-state index in [4.69, 9.17) is 14.6 Å². The Morgan fingerprint density at radius 2 is 2.17 bits per heavy atom. The van der Waals surface area contributed by atoms with Gasteiger partial charge in [-0.25, -0.2) is 4.68 Å². The summed E-state index contributed by atoms with van der Waals surface area (Å²) in [5.41, 5.74) is 1.37. The number of hydrogen-bond acceptors (Lipinski definition) is 6. The van der Waals surface area contributed by atoms with E-state index in [1.165, 1.54) is 10.9 Å². The Labute approximate surface area is 138 Å². The molecule has 0 saturated carbocycles. The van der Waals surface area contributed by atoms with Gasteiger partial charge in [-0.3, -0.25) is 9.59 Å². The molecule has 0 unspecified atom stereocenters. The van der Waals surface area contributed by atoms with Gasteiger partial charge < -0.3 is 19.9 Å².